The van der Waals surface area contributed by atoms with E-state index < -0.39 is 6.04 Å². The summed E-state index contributed by atoms with van der Waals surface area (Å²) in [4.78, 5) is 15.9. The second-order valence-corrected chi connectivity index (χ2v) is 6.15. The zero-order valence-electron chi connectivity index (χ0n) is 12.2. The summed E-state index contributed by atoms with van der Waals surface area (Å²) in [5.74, 6) is -0.0422. The molecule has 0 saturated carbocycles. The average molecular weight is 275 g/mol. The van der Waals surface area contributed by atoms with Crippen LogP contribution in [0.15, 0.2) is 18.2 Å². The van der Waals surface area contributed by atoms with Gasteiger partial charge in [0, 0.05) is 31.4 Å². The van der Waals surface area contributed by atoms with Gasteiger partial charge in [-0.1, -0.05) is 6.07 Å². The summed E-state index contributed by atoms with van der Waals surface area (Å²) in [5.41, 5.74) is 8.73. The lowest BCUT2D eigenvalue weighted by Gasteiger charge is -2.39. The zero-order valence-corrected chi connectivity index (χ0v) is 12.2. The van der Waals surface area contributed by atoms with Crippen molar-refractivity contribution in [2.75, 3.05) is 36.5 Å². The molecule has 5 heteroatoms. The quantitative estimate of drug-likeness (QED) is 0.838. The number of nitrogens with zero attached hydrogens (tertiary/aromatic N) is 2. The molecule has 1 saturated heterocycles. The van der Waals surface area contributed by atoms with E-state index in [1.807, 2.05) is 12.1 Å². The van der Waals surface area contributed by atoms with E-state index in [0.29, 0.717) is 0 Å². The molecule has 2 N–H and O–H groups in total. The summed E-state index contributed by atoms with van der Waals surface area (Å²) in [5, 5.41) is 0. The van der Waals surface area contributed by atoms with Gasteiger partial charge >= 0.3 is 0 Å². The Morgan fingerprint density at radius 3 is 2.85 bits per heavy atom. The van der Waals surface area contributed by atoms with Gasteiger partial charge < -0.3 is 20.3 Å². The maximum absolute atomic E-state index is 11.9. The van der Waals surface area contributed by atoms with Crippen molar-refractivity contribution in [2.45, 2.75) is 25.5 Å². The molecule has 0 radical (unpaired) electrons. The number of carbonyl (C=O) groups is 1. The molecule has 3 rings (SSSR count). The van der Waals surface area contributed by atoms with Crippen LogP contribution in [0.2, 0.25) is 0 Å². The fourth-order valence-electron chi connectivity index (χ4n) is 2.98. The van der Waals surface area contributed by atoms with Crippen LogP contribution >= 0.6 is 0 Å². The molecular weight excluding hydrogens is 254 g/mol. The normalized spacial score (nSPS) is 25.0. The van der Waals surface area contributed by atoms with E-state index in [1.165, 1.54) is 0 Å². The molecule has 20 heavy (non-hydrogen) atoms. The molecule has 5 nitrogen and oxygen atoms in total. The van der Waals surface area contributed by atoms with Crippen LogP contribution < -0.4 is 15.5 Å². The summed E-state index contributed by atoms with van der Waals surface area (Å²) in [6.07, 6.45) is 0. The van der Waals surface area contributed by atoms with E-state index in [4.69, 9.17) is 10.5 Å². The molecule has 0 aromatic heterocycles. The molecule has 1 atom stereocenters. The molecule has 1 unspecified atom stereocenters. The highest BCUT2D eigenvalue weighted by atomic mass is 16.5. The molecule has 2 heterocycles. The predicted molar refractivity (Wildman–Crippen MR) is 79.0 cm³/mol. The van der Waals surface area contributed by atoms with Crippen LogP contribution in [0.3, 0.4) is 0 Å². The van der Waals surface area contributed by atoms with Gasteiger partial charge in [0.15, 0.2) is 0 Å². The van der Waals surface area contributed by atoms with Crippen molar-refractivity contribution in [2.24, 2.45) is 5.73 Å². The molecule has 1 aromatic carbocycles. The minimum Gasteiger partial charge on any atom is -0.372 e. The number of carbonyl (C=O) groups excluding carboxylic acids is 1. The first-order valence-electron chi connectivity index (χ1n) is 6.95. The Labute approximate surface area is 119 Å². The predicted octanol–water partition coefficient (Wildman–Crippen LogP) is 1.28. The monoisotopic (exact) mass is 275 g/mol. The number of benzene rings is 1. The fourth-order valence-corrected chi connectivity index (χ4v) is 2.98. The number of rotatable bonds is 1. The number of morpholine rings is 1. The molecular formula is C15H21N3O2. The molecule has 1 amide bonds. The molecule has 0 bridgehead atoms. The summed E-state index contributed by atoms with van der Waals surface area (Å²) in [6, 6.07) is 5.55. The number of ether oxygens (including phenoxy) is 1. The van der Waals surface area contributed by atoms with Gasteiger partial charge in [0.25, 0.3) is 0 Å². The first-order chi connectivity index (χ1) is 9.39. The number of amides is 1. The minimum atomic E-state index is -0.523. The average Bonchev–Trinajstić information content (AvgIpc) is 2.62. The van der Waals surface area contributed by atoms with E-state index in [2.05, 4.69) is 24.8 Å². The summed E-state index contributed by atoms with van der Waals surface area (Å²) >= 11 is 0. The van der Waals surface area contributed by atoms with Crippen LogP contribution in [0.4, 0.5) is 11.4 Å². The largest absolute Gasteiger partial charge is 0.372 e. The number of likely N-dealkylation sites (N-methyl/N-ethyl adjacent to an activating group) is 1. The highest BCUT2D eigenvalue weighted by Gasteiger charge is 2.33. The maximum Gasteiger partial charge on any atom is 0.248 e. The smallest absolute Gasteiger partial charge is 0.248 e. The first kappa shape index (κ1) is 13.4. The van der Waals surface area contributed by atoms with Crippen LogP contribution in [0, 0.1) is 0 Å². The lowest BCUT2D eigenvalue weighted by Crippen LogP contribution is -2.48. The van der Waals surface area contributed by atoms with Gasteiger partial charge in [0.1, 0.15) is 6.04 Å². The van der Waals surface area contributed by atoms with Crippen molar-refractivity contribution in [1.82, 2.24) is 0 Å². The van der Waals surface area contributed by atoms with E-state index in [0.717, 1.165) is 36.6 Å². The summed E-state index contributed by atoms with van der Waals surface area (Å²) in [6.45, 7) is 6.62. The van der Waals surface area contributed by atoms with Crippen LogP contribution in [0.25, 0.3) is 0 Å². The fraction of sp³-hybridized carbons (Fsp3) is 0.533. The van der Waals surface area contributed by atoms with Gasteiger partial charge in [-0.25, -0.2) is 0 Å². The Kier molecular flexibility index (Phi) is 2.99. The van der Waals surface area contributed by atoms with Gasteiger partial charge in [-0.15, -0.1) is 0 Å². The third-order valence-corrected chi connectivity index (χ3v) is 4.10. The van der Waals surface area contributed by atoms with Crippen molar-refractivity contribution >= 4 is 17.3 Å². The number of hydrogen-bond donors (Lipinski definition) is 1. The third-order valence-electron chi connectivity index (χ3n) is 4.10. The van der Waals surface area contributed by atoms with Crippen molar-refractivity contribution < 1.29 is 9.53 Å². The Morgan fingerprint density at radius 1 is 1.40 bits per heavy atom. The van der Waals surface area contributed by atoms with Gasteiger partial charge in [-0.05, 0) is 26.0 Å². The molecule has 1 fully saturated rings. The zero-order chi connectivity index (χ0) is 14.5. The van der Waals surface area contributed by atoms with Gasteiger partial charge in [0.2, 0.25) is 5.91 Å². The Balaban J connectivity index is 1.92. The van der Waals surface area contributed by atoms with E-state index in [-0.39, 0.29) is 11.5 Å². The lowest BCUT2D eigenvalue weighted by molar-refractivity contribution is -0.118. The molecule has 0 aliphatic carbocycles. The first-order valence-corrected chi connectivity index (χ1v) is 6.95. The molecule has 1 aromatic rings. The summed E-state index contributed by atoms with van der Waals surface area (Å²) in [7, 11) is 1.78. The van der Waals surface area contributed by atoms with Crippen molar-refractivity contribution in [1.29, 1.82) is 0 Å². The molecule has 108 valence electrons. The number of fused-ring (bicyclic) bond motifs is 1. The van der Waals surface area contributed by atoms with Crippen molar-refractivity contribution in [3.8, 4) is 0 Å². The van der Waals surface area contributed by atoms with Crippen molar-refractivity contribution in [3.63, 3.8) is 0 Å². The second-order valence-electron chi connectivity index (χ2n) is 6.15. The van der Waals surface area contributed by atoms with Gasteiger partial charge in [0.05, 0.1) is 17.9 Å². The SMILES string of the molecule is CN1C(=O)C(N)c2ccc(N3CCOC(C)(C)C3)cc21. The van der Waals surface area contributed by atoms with Crippen LogP contribution in [0.1, 0.15) is 25.5 Å². The lowest BCUT2D eigenvalue weighted by atomic mass is 10.0. The third kappa shape index (κ3) is 2.07. The molecule has 2 aliphatic heterocycles. The Hall–Kier alpha value is -1.59. The van der Waals surface area contributed by atoms with E-state index in [9.17, 15) is 4.79 Å². The second kappa shape index (κ2) is 4.46. The van der Waals surface area contributed by atoms with Gasteiger partial charge in [-0.3, -0.25) is 4.79 Å². The summed E-state index contributed by atoms with van der Waals surface area (Å²) < 4.78 is 5.74. The maximum atomic E-state index is 11.9. The number of hydrogen-bond acceptors (Lipinski definition) is 4. The highest BCUT2D eigenvalue weighted by molar-refractivity contribution is 6.04. The van der Waals surface area contributed by atoms with Crippen LogP contribution in [-0.4, -0.2) is 38.3 Å². The minimum absolute atomic E-state index is 0.0422. The Bertz CT molecular complexity index is 556. The van der Waals surface area contributed by atoms with Crippen LogP contribution in [0.5, 0.6) is 0 Å². The molecule has 2 aliphatic rings. The Morgan fingerprint density at radius 2 is 2.15 bits per heavy atom. The number of anilines is 2. The highest BCUT2D eigenvalue weighted by Crippen LogP contribution is 2.37. The van der Waals surface area contributed by atoms with Crippen molar-refractivity contribution in [3.05, 3.63) is 23.8 Å². The molecule has 0 spiro atoms. The van der Waals surface area contributed by atoms with E-state index >= 15 is 0 Å². The van der Waals surface area contributed by atoms with E-state index in [1.54, 1.807) is 11.9 Å². The topological polar surface area (TPSA) is 58.8 Å². The van der Waals surface area contributed by atoms with Gasteiger partial charge in [-0.2, -0.15) is 0 Å². The number of nitrogens with two attached hydrogens (primary N) is 1. The van der Waals surface area contributed by atoms with Crippen LogP contribution in [-0.2, 0) is 9.53 Å². The standard InChI is InChI=1S/C15H21N3O2/c1-15(2)9-18(6-7-20-15)10-4-5-11-12(8-10)17(3)14(19)13(11)16/h4-5,8,13H,6-7,9,16H2,1-3H3.